The van der Waals surface area contributed by atoms with Crippen molar-refractivity contribution in [2.24, 2.45) is 5.92 Å². The number of anilines is 2. The molecule has 49 heavy (non-hydrogen) atoms. The lowest BCUT2D eigenvalue weighted by Crippen LogP contribution is -2.50. The van der Waals surface area contributed by atoms with Crippen LogP contribution in [0.25, 0.3) is 0 Å². The number of aliphatic hydroxyl groups excluding tert-OH is 1. The standard InChI is InChI=1S/C39H50N4O5S/c1-29(2)25-43(49(46,47)33-21-22-35(34(40)24-33)41-38(45)48-39(3,4)5)28-37(44)36(23-30-15-9-6-10-16-30)42(26-31-17-11-7-12-18-31)27-32-19-13-8-14-20-32/h6-22,24,29,36-37,44H,23,25-28,40H2,1-5H3,(H,41,45)/t36-,37+/m0/s1. The van der Waals surface area contributed by atoms with E-state index in [1.807, 2.05) is 80.6 Å². The molecule has 0 fully saturated rings. The molecule has 262 valence electrons. The maximum absolute atomic E-state index is 14.2. The summed E-state index contributed by atoms with van der Waals surface area (Å²) in [5, 5.41) is 14.7. The molecule has 0 heterocycles. The first-order chi connectivity index (χ1) is 23.2. The minimum absolute atomic E-state index is 0.0234. The van der Waals surface area contributed by atoms with Crippen LogP contribution in [0.3, 0.4) is 0 Å². The van der Waals surface area contributed by atoms with Crippen molar-refractivity contribution in [2.45, 2.75) is 76.8 Å². The number of nitrogens with two attached hydrogens (primary N) is 1. The number of benzene rings is 4. The second-order valence-electron chi connectivity index (χ2n) is 13.8. The van der Waals surface area contributed by atoms with Crippen molar-refractivity contribution >= 4 is 27.5 Å². The number of nitrogens with one attached hydrogen (secondary N) is 1. The fraction of sp³-hybridized carbons (Fsp3) is 0.359. The molecule has 0 aliphatic heterocycles. The number of nitrogen functional groups attached to an aromatic ring is 1. The number of nitrogens with zero attached hydrogens (tertiary/aromatic N) is 2. The van der Waals surface area contributed by atoms with Crippen molar-refractivity contribution in [3.63, 3.8) is 0 Å². The van der Waals surface area contributed by atoms with Crippen LogP contribution in [-0.2, 0) is 34.3 Å². The lowest BCUT2D eigenvalue weighted by Gasteiger charge is -2.37. The Balaban J connectivity index is 1.67. The zero-order valence-corrected chi connectivity index (χ0v) is 29.9. The average Bonchev–Trinajstić information content (AvgIpc) is 3.04. The minimum atomic E-state index is -4.11. The van der Waals surface area contributed by atoms with Gasteiger partial charge in [0.2, 0.25) is 10.0 Å². The molecule has 2 atom stereocenters. The first-order valence-corrected chi connectivity index (χ1v) is 18.1. The summed E-state index contributed by atoms with van der Waals surface area (Å²) in [4.78, 5) is 14.6. The Morgan fingerprint density at radius 3 is 1.80 bits per heavy atom. The van der Waals surface area contributed by atoms with Crippen LogP contribution in [0.2, 0.25) is 0 Å². The summed E-state index contributed by atoms with van der Waals surface area (Å²) >= 11 is 0. The Kier molecular flexibility index (Phi) is 13.0. The number of rotatable bonds is 15. The predicted molar refractivity (Wildman–Crippen MR) is 196 cm³/mol. The zero-order chi connectivity index (χ0) is 35.6. The van der Waals surface area contributed by atoms with E-state index in [2.05, 4.69) is 34.5 Å². The number of carbonyl (C=O) groups is 1. The monoisotopic (exact) mass is 686 g/mol. The van der Waals surface area contributed by atoms with Crippen molar-refractivity contribution in [3.05, 3.63) is 126 Å². The van der Waals surface area contributed by atoms with Gasteiger partial charge in [0.1, 0.15) is 5.60 Å². The van der Waals surface area contributed by atoms with Gasteiger partial charge in [-0.05, 0) is 68.0 Å². The Bertz CT molecular complexity index is 1690. The van der Waals surface area contributed by atoms with Gasteiger partial charge in [-0.2, -0.15) is 4.31 Å². The molecule has 10 heteroatoms. The van der Waals surface area contributed by atoms with Crippen molar-refractivity contribution in [3.8, 4) is 0 Å². The van der Waals surface area contributed by atoms with E-state index < -0.39 is 33.9 Å². The fourth-order valence-corrected chi connectivity index (χ4v) is 7.33. The number of amides is 1. The third kappa shape index (κ3) is 11.4. The summed E-state index contributed by atoms with van der Waals surface area (Å²) < 4.78 is 35.1. The molecule has 0 aliphatic rings. The number of hydrogen-bond acceptors (Lipinski definition) is 7. The summed E-state index contributed by atoms with van der Waals surface area (Å²) in [5.41, 5.74) is 9.07. The van der Waals surface area contributed by atoms with Crippen LogP contribution < -0.4 is 11.1 Å². The van der Waals surface area contributed by atoms with Gasteiger partial charge < -0.3 is 15.6 Å². The van der Waals surface area contributed by atoms with Gasteiger partial charge in [-0.15, -0.1) is 0 Å². The molecular formula is C39H50N4O5S. The lowest BCUT2D eigenvalue weighted by molar-refractivity contribution is 0.0273. The number of aliphatic hydroxyl groups is 1. The second kappa shape index (κ2) is 16.9. The van der Waals surface area contributed by atoms with E-state index in [4.69, 9.17) is 10.5 Å². The molecular weight excluding hydrogens is 637 g/mol. The van der Waals surface area contributed by atoms with E-state index in [9.17, 15) is 18.3 Å². The van der Waals surface area contributed by atoms with E-state index in [-0.39, 0.29) is 35.3 Å². The van der Waals surface area contributed by atoms with Crippen molar-refractivity contribution < 1.29 is 23.1 Å². The van der Waals surface area contributed by atoms with Crippen LogP contribution >= 0.6 is 0 Å². The Morgan fingerprint density at radius 1 is 0.816 bits per heavy atom. The molecule has 0 radical (unpaired) electrons. The fourth-order valence-electron chi connectivity index (χ4n) is 5.68. The quantitative estimate of drug-likeness (QED) is 0.116. The van der Waals surface area contributed by atoms with Gasteiger partial charge in [0, 0.05) is 32.2 Å². The van der Waals surface area contributed by atoms with Gasteiger partial charge >= 0.3 is 6.09 Å². The highest BCUT2D eigenvalue weighted by atomic mass is 32.2. The Hall–Kier alpha value is -4.22. The lowest BCUT2D eigenvalue weighted by atomic mass is 9.97. The van der Waals surface area contributed by atoms with E-state index >= 15 is 0 Å². The van der Waals surface area contributed by atoms with Crippen LogP contribution in [0.5, 0.6) is 0 Å². The van der Waals surface area contributed by atoms with Crippen molar-refractivity contribution in [1.29, 1.82) is 0 Å². The average molecular weight is 687 g/mol. The highest BCUT2D eigenvalue weighted by molar-refractivity contribution is 7.89. The summed E-state index contributed by atoms with van der Waals surface area (Å²) in [6.45, 7) is 10.3. The maximum Gasteiger partial charge on any atom is 0.412 e. The van der Waals surface area contributed by atoms with E-state index in [0.29, 0.717) is 19.5 Å². The molecule has 9 nitrogen and oxygen atoms in total. The molecule has 0 saturated carbocycles. The molecule has 0 bridgehead atoms. The van der Waals surface area contributed by atoms with Crippen LogP contribution in [0.15, 0.2) is 114 Å². The summed E-state index contributed by atoms with van der Waals surface area (Å²) in [6, 6.07) is 33.9. The first kappa shape index (κ1) is 37.6. The van der Waals surface area contributed by atoms with Gasteiger partial charge in [-0.3, -0.25) is 10.2 Å². The minimum Gasteiger partial charge on any atom is -0.444 e. The Labute approximate surface area is 291 Å². The highest BCUT2D eigenvalue weighted by Crippen LogP contribution is 2.28. The normalized spacial score (nSPS) is 13.4. The topological polar surface area (TPSA) is 125 Å². The zero-order valence-electron chi connectivity index (χ0n) is 29.1. The van der Waals surface area contributed by atoms with Crippen LogP contribution in [0.4, 0.5) is 16.2 Å². The predicted octanol–water partition coefficient (Wildman–Crippen LogP) is 6.94. The van der Waals surface area contributed by atoms with Gasteiger partial charge in [-0.1, -0.05) is 105 Å². The van der Waals surface area contributed by atoms with E-state index in [1.165, 1.54) is 22.5 Å². The SMILES string of the molecule is CC(C)CN(C[C@@H](O)[C@H](Cc1ccccc1)N(Cc1ccccc1)Cc1ccccc1)S(=O)(=O)c1ccc(NC(=O)OC(C)(C)C)c(N)c1. The third-order valence-corrected chi connectivity index (χ3v) is 9.74. The number of hydrogen-bond donors (Lipinski definition) is 3. The molecule has 0 aliphatic carbocycles. The molecule has 0 aromatic heterocycles. The smallest absolute Gasteiger partial charge is 0.412 e. The highest BCUT2D eigenvalue weighted by Gasteiger charge is 2.34. The van der Waals surface area contributed by atoms with Crippen LogP contribution in [0.1, 0.15) is 51.3 Å². The van der Waals surface area contributed by atoms with Gasteiger partial charge in [0.15, 0.2) is 0 Å². The van der Waals surface area contributed by atoms with E-state index in [1.54, 1.807) is 20.8 Å². The number of sulfonamides is 1. The molecule has 4 N–H and O–H groups in total. The van der Waals surface area contributed by atoms with Crippen molar-refractivity contribution in [2.75, 3.05) is 24.1 Å². The summed E-state index contributed by atoms with van der Waals surface area (Å²) in [5.74, 6) is -0.0234. The molecule has 1 amide bonds. The third-order valence-electron chi connectivity index (χ3n) is 7.91. The van der Waals surface area contributed by atoms with E-state index in [0.717, 1.165) is 16.7 Å². The summed E-state index contributed by atoms with van der Waals surface area (Å²) in [6.07, 6.45) is -1.24. The molecule has 4 aromatic carbocycles. The summed E-state index contributed by atoms with van der Waals surface area (Å²) in [7, 11) is -4.11. The Morgan fingerprint density at radius 2 is 1.33 bits per heavy atom. The maximum atomic E-state index is 14.2. The van der Waals surface area contributed by atoms with Crippen molar-refractivity contribution in [1.82, 2.24) is 9.21 Å². The largest absolute Gasteiger partial charge is 0.444 e. The van der Waals surface area contributed by atoms with Gasteiger partial charge in [0.25, 0.3) is 0 Å². The second-order valence-corrected chi connectivity index (χ2v) is 15.7. The first-order valence-electron chi connectivity index (χ1n) is 16.6. The molecule has 0 spiro atoms. The van der Waals surface area contributed by atoms with Gasteiger partial charge in [0.05, 0.1) is 22.4 Å². The number of carbonyl (C=O) groups excluding carboxylic acids is 1. The van der Waals surface area contributed by atoms with Gasteiger partial charge in [-0.25, -0.2) is 13.2 Å². The van der Waals surface area contributed by atoms with Crippen LogP contribution in [-0.4, -0.2) is 59.7 Å². The molecule has 0 unspecified atom stereocenters. The molecule has 4 aromatic rings. The molecule has 4 rings (SSSR count). The molecule has 0 saturated heterocycles. The number of ether oxygens (including phenoxy) is 1. The van der Waals surface area contributed by atoms with Crippen LogP contribution in [0, 0.1) is 5.92 Å².